The molecule has 2 aliphatic heterocycles. The smallest absolute Gasteiger partial charge is 0.222 e. The summed E-state index contributed by atoms with van der Waals surface area (Å²) in [6.45, 7) is 6.23. The number of nitrogens with one attached hydrogen (secondary N) is 1. The molecule has 5 nitrogen and oxygen atoms in total. The maximum absolute atomic E-state index is 12.1. The Balaban J connectivity index is 1.62. The Morgan fingerprint density at radius 1 is 1.30 bits per heavy atom. The highest BCUT2D eigenvalue weighted by Crippen LogP contribution is 2.12. The van der Waals surface area contributed by atoms with Crippen molar-refractivity contribution in [2.75, 3.05) is 53.0 Å². The molecule has 1 atom stereocenters. The first-order valence-electron chi connectivity index (χ1n) is 8.04. The van der Waals surface area contributed by atoms with E-state index in [2.05, 4.69) is 17.3 Å². The maximum atomic E-state index is 12.1. The van der Waals surface area contributed by atoms with Gasteiger partial charge in [0.2, 0.25) is 5.91 Å². The van der Waals surface area contributed by atoms with E-state index >= 15 is 0 Å². The summed E-state index contributed by atoms with van der Waals surface area (Å²) in [6.07, 6.45) is 5.42. The fourth-order valence-electron chi connectivity index (χ4n) is 3.07. The van der Waals surface area contributed by atoms with Crippen LogP contribution in [0, 0.1) is 0 Å². The van der Waals surface area contributed by atoms with Crippen molar-refractivity contribution in [2.24, 2.45) is 0 Å². The summed E-state index contributed by atoms with van der Waals surface area (Å²) in [6, 6.07) is 0.684. The van der Waals surface area contributed by atoms with Crippen molar-refractivity contribution in [1.82, 2.24) is 15.1 Å². The first kappa shape index (κ1) is 15.7. The van der Waals surface area contributed by atoms with Gasteiger partial charge in [0.05, 0.1) is 13.2 Å². The van der Waals surface area contributed by atoms with Gasteiger partial charge in [0.15, 0.2) is 0 Å². The highest BCUT2D eigenvalue weighted by atomic mass is 16.5. The van der Waals surface area contributed by atoms with Crippen molar-refractivity contribution in [3.05, 3.63) is 0 Å². The average Bonchev–Trinajstić information content (AvgIpc) is 2.77. The molecule has 5 heteroatoms. The SMILES string of the molecule is CN(CCCC(=O)N1CCOCC1)C1CCCNCC1. The van der Waals surface area contributed by atoms with E-state index in [0.717, 1.165) is 39.1 Å². The number of carbonyl (C=O) groups is 1. The number of ether oxygens (including phenoxy) is 1. The average molecular weight is 283 g/mol. The van der Waals surface area contributed by atoms with E-state index in [1.54, 1.807) is 0 Å². The van der Waals surface area contributed by atoms with Crippen LogP contribution in [0.3, 0.4) is 0 Å². The predicted molar refractivity (Wildman–Crippen MR) is 79.8 cm³/mol. The second-order valence-electron chi connectivity index (χ2n) is 5.91. The molecule has 0 spiro atoms. The largest absolute Gasteiger partial charge is 0.378 e. The van der Waals surface area contributed by atoms with Crippen LogP contribution in [-0.2, 0) is 9.53 Å². The van der Waals surface area contributed by atoms with Gasteiger partial charge >= 0.3 is 0 Å². The van der Waals surface area contributed by atoms with E-state index in [1.165, 1.54) is 19.3 Å². The quantitative estimate of drug-likeness (QED) is 0.807. The van der Waals surface area contributed by atoms with Gasteiger partial charge in [0, 0.05) is 25.6 Å². The van der Waals surface area contributed by atoms with Crippen LogP contribution in [0.1, 0.15) is 32.1 Å². The summed E-state index contributed by atoms with van der Waals surface area (Å²) >= 11 is 0. The van der Waals surface area contributed by atoms with Crippen LogP contribution in [0.4, 0.5) is 0 Å². The first-order valence-corrected chi connectivity index (χ1v) is 8.04. The number of nitrogens with zero attached hydrogens (tertiary/aromatic N) is 2. The van der Waals surface area contributed by atoms with Gasteiger partial charge in [-0.25, -0.2) is 0 Å². The van der Waals surface area contributed by atoms with Crippen molar-refractivity contribution in [3.63, 3.8) is 0 Å². The minimum absolute atomic E-state index is 0.296. The molecule has 2 aliphatic rings. The number of rotatable bonds is 5. The van der Waals surface area contributed by atoms with Gasteiger partial charge in [-0.1, -0.05) is 0 Å². The number of morpholine rings is 1. The van der Waals surface area contributed by atoms with Crippen LogP contribution in [0.25, 0.3) is 0 Å². The topological polar surface area (TPSA) is 44.8 Å². The van der Waals surface area contributed by atoms with E-state index in [-0.39, 0.29) is 0 Å². The molecule has 1 N–H and O–H groups in total. The Bertz CT molecular complexity index is 285. The molecule has 2 heterocycles. The Labute approximate surface area is 122 Å². The minimum Gasteiger partial charge on any atom is -0.378 e. The number of amides is 1. The van der Waals surface area contributed by atoms with Crippen LogP contribution < -0.4 is 5.32 Å². The molecule has 0 aliphatic carbocycles. The monoisotopic (exact) mass is 283 g/mol. The fraction of sp³-hybridized carbons (Fsp3) is 0.933. The van der Waals surface area contributed by atoms with Gasteiger partial charge in [-0.3, -0.25) is 4.79 Å². The molecule has 0 radical (unpaired) electrons. The summed E-state index contributed by atoms with van der Waals surface area (Å²) in [7, 11) is 2.20. The zero-order chi connectivity index (χ0) is 14.2. The van der Waals surface area contributed by atoms with Gasteiger partial charge in [-0.15, -0.1) is 0 Å². The summed E-state index contributed by atoms with van der Waals surface area (Å²) < 4.78 is 5.28. The lowest BCUT2D eigenvalue weighted by atomic mass is 10.1. The Morgan fingerprint density at radius 3 is 2.90 bits per heavy atom. The third-order valence-corrected chi connectivity index (χ3v) is 4.43. The second-order valence-corrected chi connectivity index (χ2v) is 5.91. The van der Waals surface area contributed by atoms with Gasteiger partial charge in [0.25, 0.3) is 0 Å². The third kappa shape index (κ3) is 5.04. The minimum atomic E-state index is 0.296. The van der Waals surface area contributed by atoms with E-state index in [1.807, 2.05) is 4.90 Å². The van der Waals surface area contributed by atoms with Crippen molar-refractivity contribution < 1.29 is 9.53 Å². The normalized spacial score (nSPS) is 24.7. The van der Waals surface area contributed by atoms with Crippen LogP contribution in [0.2, 0.25) is 0 Å². The molecular weight excluding hydrogens is 254 g/mol. The van der Waals surface area contributed by atoms with Gasteiger partial charge in [0.1, 0.15) is 0 Å². The van der Waals surface area contributed by atoms with Crippen molar-refractivity contribution >= 4 is 5.91 Å². The van der Waals surface area contributed by atoms with Crippen LogP contribution in [0.15, 0.2) is 0 Å². The molecule has 0 aromatic carbocycles. The highest BCUT2D eigenvalue weighted by Gasteiger charge is 2.19. The van der Waals surface area contributed by atoms with Crippen LogP contribution in [0.5, 0.6) is 0 Å². The summed E-state index contributed by atoms with van der Waals surface area (Å²) in [5.74, 6) is 0.296. The molecule has 2 fully saturated rings. The van der Waals surface area contributed by atoms with Crippen LogP contribution >= 0.6 is 0 Å². The Morgan fingerprint density at radius 2 is 2.10 bits per heavy atom. The molecule has 1 unspecified atom stereocenters. The lowest BCUT2D eigenvalue weighted by Crippen LogP contribution is -2.41. The third-order valence-electron chi connectivity index (χ3n) is 4.43. The summed E-state index contributed by atoms with van der Waals surface area (Å²) in [5, 5.41) is 3.45. The van der Waals surface area contributed by atoms with E-state index in [9.17, 15) is 4.79 Å². The van der Waals surface area contributed by atoms with Crippen molar-refractivity contribution in [1.29, 1.82) is 0 Å². The molecule has 0 bridgehead atoms. The molecule has 20 heavy (non-hydrogen) atoms. The van der Waals surface area contributed by atoms with Crippen molar-refractivity contribution in [2.45, 2.75) is 38.1 Å². The molecule has 1 amide bonds. The lowest BCUT2D eigenvalue weighted by Gasteiger charge is -2.28. The van der Waals surface area contributed by atoms with Gasteiger partial charge in [-0.05, 0) is 52.4 Å². The summed E-state index contributed by atoms with van der Waals surface area (Å²) in [4.78, 5) is 16.4. The number of hydrogen-bond donors (Lipinski definition) is 1. The molecule has 2 saturated heterocycles. The van der Waals surface area contributed by atoms with Gasteiger partial charge in [-0.2, -0.15) is 0 Å². The fourth-order valence-corrected chi connectivity index (χ4v) is 3.07. The zero-order valence-electron chi connectivity index (χ0n) is 12.8. The Kier molecular flexibility index (Phi) is 6.76. The number of hydrogen-bond acceptors (Lipinski definition) is 4. The van der Waals surface area contributed by atoms with Crippen LogP contribution in [-0.4, -0.2) is 74.7 Å². The standard InChI is InChI=1S/C15H29N3O2/c1-17(14-4-2-7-16-8-6-14)9-3-5-15(19)18-10-12-20-13-11-18/h14,16H,2-13H2,1H3. The molecule has 116 valence electrons. The van der Waals surface area contributed by atoms with E-state index in [4.69, 9.17) is 4.74 Å². The molecule has 0 saturated carbocycles. The number of carbonyl (C=O) groups excluding carboxylic acids is 1. The second kappa shape index (κ2) is 8.60. The van der Waals surface area contributed by atoms with E-state index < -0.39 is 0 Å². The summed E-state index contributed by atoms with van der Waals surface area (Å²) in [5.41, 5.74) is 0. The zero-order valence-corrected chi connectivity index (χ0v) is 12.8. The Hall–Kier alpha value is -0.650. The predicted octanol–water partition coefficient (Wildman–Crippen LogP) is 0.699. The van der Waals surface area contributed by atoms with Crippen molar-refractivity contribution in [3.8, 4) is 0 Å². The lowest BCUT2D eigenvalue weighted by molar-refractivity contribution is -0.135. The first-order chi connectivity index (χ1) is 9.77. The molecule has 2 rings (SSSR count). The molecular formula is C15H29N3O2. The highest BCUT2D eigenvalue weighted by molar-refractivity contribution is 5.76. The molecule has 0 aromatic heterocycles. The maximum Gasteiger partial charge on any atom is 0.222 e. The molecule has 0 aromatic rings. The van der Waals surface area contributed by atoms with Gasteiger partial charge < -0.3 is 19.9 Å². The van der Waals surface area contributed by atoms with E-state index in [0.29, 0.717) is 31.6 Å².